The van der Waals surface area contributed by atoms with E-state index in [2.05, 4.69) is 0 Å². The standard InChI is InChI=1S/C15H15F2N3O4S/c1-19(9-15(18)13-7-2-10(16)8-14(13)17)25(23,24)12-5-3-11(4-6-12)20(21)22/h2-8,15H,9,18H2,1H3/t15-/m1/s1. The topological polar surface area (TPSA) is 107 Å². The van der Waals surface area contributed by atoms with Gasteiger partial charge >= 0.3 is 0 Å². The molecule has 0 amide bonds. The molecular formula is C15H15F2N3O4S. The predicted octanol–water partition coefficient (Wildman–Crippen LogP) is 2.19. The molecule has 0 aliphatic heterocycles. The highest BCUT2D eigenvalue weighted by Crippen LogP contribution is 2.22. The molecule has 0 spiro atoms. The Morgan fingerprint density at radius 2 is 1.80 bits per heavy atom. The Morgan fingerprint density at radius 1 is 1.20 bits per heavy atom. The van der Waals surface area contributed by atoms with Gasteiger partial charge in [-0.2, -0.15) is 4.31 Å². The summed E-state index contributed by atoms with van der Waals surface area (Å²) < 4.78 is 52.5. The number of halogens is 2. The predicted molar refractivity (Wildman–Crippen MR) is 86.2 cm³/mol. The van der Waals surface area contributed by atoms with Crippen LogP contribution in [0.2, 0.25) is 0 Å². The number of sulfonamides is 1. The van der Waals surface area contributed by atoms with E-state index in [1.54, 1.807) is 0 Å². The van der Waals surface area contributed by atoms with E-state index in [-0.39, 0.29) is 22.7 Å². The molecule has 0 aromatic heterocycles. The molecule has 10 heteroatoms. The van der Waals surface area contributed by atoms with Crippen molar-refractivity contribution in [3.05, 3.63) is 69.8 Å². The van der Waals surface area contributed by atoms with Crippen molar-refractivity contribution in [1.82, 2.24) is 4.31 Å². The van der Waals surface area contributed by atoms with Crippen molar-refractivity contribution in [2.45, 2.75) is 10.9 Å². The maximum absolute atomic E-state index is 13.7. The largest absolute Gasteiger partial charge is 0.323 e. The summed E-state index contributed by atoms with van der Waals surface area (Å²) in [5.74, 6) is -1.63. The van der Waals surface area contributed by atoms with Gasteiger partial charge in [-0.3, -0.25) is 10.1 Å². The first-order chi connectivity index (χ1) is 11.6. The molecule has 25 heavy (non-hydrogen) atoms. The Hall–Kier alpha value is -2.43. The van der Waals surface area contributed by atoms with Crippen molar-refractivity contribution >= 4 is 15.7 Å². The fraction of sp³-hybridized carbons (Fsp3) is 0.200. The van der Waals surface area contributed by atoms with Crippen LogP contribution in [0.5, 0.6) is 0 Å². The first-order valence-corrected chi connectivity index (χ1v) is 8.48. The molecule has 7 nitrogen and oxygen atoms in total. The van der Waals surface area contributed by atoms with E-state index in [0.717, 1.165) is 40.7 Å². The average molecular weight is 371 g/mol. The van der Waals surface area contributed by atoms with Crippen LogP contribution in [0.15, 0.2) is 47.4 Å². The van der Waals surface area contributed by atoms with E-state index in [9.17, 15) is 27.3 Å². The van der Waals surface area contributed by atoms with Gasteiger partial charge in [0.25, 0.3) is 5.69 Å². The van der Waals surface area contributed by atoms with E-state index < -0.39 is 32.6 Å². The minimum absolute atomic E-state index is 0.0212. The Morgan fingerprint density at radius 3 is 2.32 bits per heavy atom. The highest BCUT2D eigenvalue weighted by Gasteiger charge is 2.25. The lowest BCUT2D eigenvalue weighted by atomic mass is 10.1. The van der Waals surface area contributed by atoms with Crippen molar-refractivity contribution in [3.63, 3.8) is 0 Å². The second kappa shape index (κ2) is 7.21. The van der Waals surface area contributed by atoms with E-state index in [4.69, 9.17) is 5.73 Å². The number of nitrogens with two attached hydrogens (primary N) is 1. The monoisotopic (exact) mass is 371 g/mol. The minimum atomic E-state index is -3.97. The number of nitro benzene ring substituents is 1. The van der Waals surface area contributed by atoms with Gasteiger partial charge in [-0.15, -0.1) is 0 Å². The van der Waals surface area contributed by atoms with Crippen molar-refractivity contribution in [1.29, 1.82) is 0 Å². The molecule has 0 saturated carbocycles. The van der Waals surface area contributed by atoms with Gasteiger partial charge in [0.15, 0.2) is 0 Å². The number of rotatable bonds is 6. The number of hydrogen-bond acceptors (Lipinski definition) is 5. The summed E-state index contributed by atoms with van der Waals surface area (Å²) in [6.07, 6.45) is 0. The highest BCUT2D eigenvalue weighted by atomic mass is 32.2. The van der Waals surface area contributed by atoms with Crippen LogP contribution in [-0.2, 0) is 10.0 Å². The van der Waals surface area contributed by atoms with Gasteiger partial charge in [0.1, 0.15) is 11.6 Å². The summed E-state index contributed by atoms with van der Waals surface area (Å²) in [6, 6.07) is 6.19. The molecule has 2 aromatic carbocycles. The van der Waals surface area contributed by atoms with Gasteiger partial charge in [0, 0.05) is 43.4 Å². The molecule has 134 valence electrons. The number of hydrogen-bond donors (Lipinski definition) is 1. The van der Waals surface area contributed by atoms with Crippen LogP contribution in [0.25, 0.3) is 0 Å². The maximum Gasteiger partial charge on any atom is 0.269 e. The van der Waals surface area contributed by atoms with Gasteiger partial charge in [0.05, 0.1) is 9.82 Å². The zero-order chi connectivity index (χ0) is 18.8. The number of nitro groups is 1. The van der Waals surface area contributed by atoms with Crippen LogP contribution in [0.1, 0.15) is 11.6 Å². The van der Waals surface area contributed by atoms with Crippen molar-refractivity contribution in [2.24, 2.45) is 5.73 Å². The molecule has 0 heterocycles. The van der Waals surface area contributed by atoms with Crippen molar-refractivity contribution in [2.75, 3.05) is 13.6 Å². The molecule has 0 radical (unpaired) electrons. The first kappa shape index (κ1) is 18.9. The van der Waals surface area contributed by atoms with Gasteiger partial charge in [-0.25, -0.2) is 17.2 Å². The van der Waals surface area contributed by atoms with Crippen LogP contribution in [0, 0.1) is 21.7 Å². The SMILES string of the molecule is CN(C[C@@H](N)c1ccc(F)cc1F)S(=O)(=O)c1ccc([N+](=O)[O-])cc1. The third-order valence-electron chi connectivity index (χ3n) is 3.57. The summed E-state index contributed by atoms with van der Waals surface area (Å²) in [6.45, 7) is -0.262. The number of likely N-dealkylation sites (N-methyl/N-ethyl adjacent to an activating group) is 1. The minimum Gasteiger partial charge on any atom is -0.323 e. The quantitative estimate of drug-likeness (QED) is 0.619. The van der Waals surface area contributed by atoms with Crippen molar-refractivity contribution in [3.8, 4) is 0 Å². The fourth-order valence-corrected chi connectivity index (χ4v) is 3.39. The number of benzene rings is 2. The fourth-order valence-electron chi connectivity index (χ4n) is 2.20. The van der Waals surface area contributed by atoms with E-state index in [1.165, 1.54) is 7.05 Å². The molecule has 1 atom stereocenters. The summed E-state index contributed by atoms with van der Waals surface area (Å²) in [5, 5.41) is 10.6. The molecule has 2 aromatic rings. The molecule has 0 bridgehead atoms. The summed E-state index contributed by atoms with van der Waals surface area (Å²) in [5.41, 5.74) is 5.56. The Balaban J connectivity index is 2.20. The molecule has 2 N–H and O–H groups in total. The first-order valence-electron chi connectivity index (χ1n) is 7.04. The van der Waals surface area contributed by atoms with Gasteiger partial charge in [-0.05, 0) is 18.2 Å². The normalized spacial score (nSPS) is 13.0. The second-order valence-corrected chi connectivity index (χ2v) is 7.35. The molecule has 0 unspecified atom stereocenters. The lowest BCUT2D eigenvalue weighted by Gasteiger charge is -2.21. The van der Waals surface area contributed by atoms with Crippen LogP contribution in [0.3, 0.4) is 0 Å². The Labute approximate surface area is 142 Å². The number of nitrogens with zero attached hydrogens (tertiary/aromatic N) is 2. The molecule has 0 aliphatic carbocycles. The summed E-state index contributed by atoms with van der Waals surface area (Å²) in [4.78, 5) is 9.82. The van der Waals surface area contributed by atoms with Crippen LogP contribution in [0.4, 0.5) is 14.5 Å². The van der Waals surface area contributed by atoms with Crippen LogP contribution < -0.4 is 5.73 Å². The lowest BCUT2D eigenvalue weighted by molar-refractivity contribution is -0.384. The van der Waals surface area contributed by atoms with Gasteiger partial charge in [-0.1, -0.05) is 6.07 Å². The zero-order valence-electron chi connectivity index (χ0n) is 13.1. The molecule has 2 rings (SSSR count). The van der Waals surface area contributed by atoms with E-state index >= 15 is 0 Å². The molecule has 0 aliphatic rings. The highest BCUT2D eigenvalue weighted by molar-refractivity contribution is 7.89. The lowest BCUT2D eigenvalue weighted by Crippen LogP contribution is -2.34. The van der Waals surface area contributed by atoms with E-state index in [1.807, 2.05) is 0 Å². The zero-order valence-corrected chi connectivity index (χ0v) is 13.9. The van der Waals surface area contributed by atoms with Crippen LogP contribution >= 0.6 is 0 Å². The van der Waals surface area contributed by atoms with E-state index in [0.29, 0.717) is 6.07 Å². The van der Waals surface area contributed by atoms with Gasteiger partial charge in [0.2, 0.25) is 10.0 Å². The third-order valence-corrected chi connectivity index (χ3v) is 5.41. The third kappa shape index (κ3) is 4.16. The number of non-ortho nitro benzene ring substituents is 1. The van der Waals surface area contributed by atoms with Crippen LogP contribution in [-0.4, -0.2) is 31.2 Å². The summed E-state index contributed by atoms with van der Waals surface area (Å²) in [7, 11) is -2.72. The second-order valence-electron chi connectivity index (χ2n) is 5.31. The Kier molecular flexibility index (Phi) is 5.45. The average Bonchev–Trinajstić information content (AvgIpc) is 2.54. The van der Waals surface area contributed by atoms with Gasteiger partial charge < -0.3 is 5.73 Å². The molecule has 0 saturated heterocycles. The summed E-state index contributed by atoms with van der Waals surface area (Å²) >= 11 is 0. The Bertz CT molecular complexity index is 888. The maximum atomic E-state index is 13.7. The molecule has 0 fully saturated rings. The molecular weight excluding hydrogens is 356 g/mol. The van der Waals surface area contributed by atoms with Crippen molar-refractivity contribution < 1.29 is 22.1 Å². The smallest absolute Gasteiger partial charge is 0.269 e.